The van der Waals surface area contributed by atoms with Crippen molar-refractivity contribution < 1.29 is 60.2 Å². The largest absolute Gasteiger partial charge is 0.387 e. The minimum atomic E-state index is -3.79. The van der Waals surface area contributed by atoms with Gasteiger partial charge in [-0.2, -0.15) is 8.42 Å². The summed E-state index contributed by atoms with van der Waals surface area (Å²) in [7, 11) is 8.89. The first kappa shape index (κ1) is 129. The molecule has 0 bridgehead atoms. The Bertz CT molecular complexity index is 3140. The molecule has 0 atom stereocenters. The van der Waals surface area contributed by atoms with E-state index in [0.29, 0.717) is 89.2 Å². The van der Waals surface area contributed by atoms with Crippen molar-refractivity contribution in [1.29, 1.82) is 0 Å². The Morgan fingerprint density at radius 2 is 0.992 bits per heavy atom. The number of unbranched alkanes of at least 4 members (excludes halogenated alkanes) is 1. The van der Waals surface area contributed by atoms with Crippen LogP contribution in [-0.2, 0) is 58.5 Å². The van der Waals surface area contributed by atoms with E-state index in [2.05, 4.69) is 221 Å². The molecule has 1 aliphatic rings. The molecule has 1 aliphatic heterocycles. The summed E-state index contributed by atoms with van der Waals surface area (Å²) in [6, 6.07) is 0. The second kappa shape index (κ2) is 72.0. The Kier molecular flexibility index (Phi) is 76.2. The maximum Gasteiger partial charge on any atom is 0.318 e. The Morgan fingerprint density at radius 3 is 1.36 bits per heavy atom. The van der Waals surface area contributed by atoms with Crippen LogP contribution in [0.1, 0.15) is 302 Å². The number of carbonyl (C=O) groups is 5. The van der Waals surface area contributed by atoms with Gasteiger partial charge in [-0.3, -0.25) is 53.4 Å². The number of hydrogen-bond donors (Lipinski definition) is 9. The normalized spacial score (nSPS) is 12.8. The van der Waals surface area contributed by atoms with E-state index in [1.165, 1.54) is 56.8 Å². The number of methoxy groups -OCH3 is 1. The number of amides is 5. The maximum absolute atomic E-state index is 11.3. The van der Waals surface area contributed by atoms with E-state index >= 15 is 0 Å². The number of aromatic nitrogens is 1. The standard InChI is InChI=1S/2C11H25N3O2S.C11H25N3.C10H18N2S.C10H17NO3.C10H21NO2.C9H19NO2.C8H19N3.C8H17NO2/c1-11(2,3)8-7-9-12-10(14(4)5)13-17(6,15)16;1-11(2,3)9-7-6-8-10(14(4)5)13-17(12,15)16;1-11(2,3)8-7-9-13-10(12-4)14(5)6;1-10(2,3)5-4-6-11-9-12-7-8-13-9;1-8(2)4-3-5-11-9(12)6-14-7-10(11)13;1-10(2,3)6-5-7-11-9(12)8-13-4;1-8(2)6-5-7-10(12-4)9(3)11;1-8(2,3)5-4-6-11-7(9)10;1-7(2)4-3-5-9-8(11)6-10/h7-9H2,1-6H3,(H,12,13);6-9H2,1-5H3,(H2,12,15,16);7-9H2,1-6H3,(H,12,13);7-8H,4-6H2,1-3H3,(H,11,12);8H,3-7H2,1-2H3;5-8H2,1-4H3,(H,11,12);8H,5-7H2,1-4H3;4-6H2,1-3H3,(H4,9,10,11);7,10H,3-6H2,1-2H3,(H,9,11). The highest BCUT2D eigenvalue weighted by molar-refractivity contribution is 7.89. The van der Waals surface area contributed by atoms with Crippen LogP contribution >= 0.6 is 11.3 Å². The number of nitrogens with zero attached hydrogens (tertiary/aromatic N) is 10. The number of thiazole rings is 1. The van der Waals surface area contributed by atoms with E-state index in [0.717, 1.165) is 140 Å². The fraction of sp³-hybridized carbons (Fsp3) is 0.864. The number of rotatable bonds is 38. The number of nitrogens with one attached hydrogen (secondary N) is 5. The van der Waals surface area contributed by atoms with Crippen LogP contribution < -0.4 is 42.6 Å². The topological polar surface area (TPSA) is 418 Å². The maximum atomic E-state index is 11.3. The number of sulfonamides is 1. The Morgan fingerprint density at radius 1 is 0.582 bits per heavy atom. The highest BCUT2D eigenvalue weighted by Gasteiger charge is 2.26. The molecule has 0 aliphatic carbocycles. The van der Waals surface area contributed by atoms with Crippen molar-refractivity contribution in [3.63, 3.8) is 0 Å². The molecule has 2 rings (SSSR count). The molecule has 31 nitrogen and oxygen atoms in total. The first-order chi connectivity index (χ1) is 55.7. The zero-order valence-corrected chi connectivity index (χ0v) is 86.2. The van der Waals surface area contributed by atoms with Gasteiger partial charge in [0, 0.05) is 134 Å². The van der Waals surface area contributed by atoms with Crippen LogP contribution in [0.25, 0.3) is 0 Å². The minimum Gasteiger partial charge on any atom is -0.387 e. The van der Waals surface area contributed by atoms with Crippen molar-refractivity contribution in [2.24, 2.45) is 86.2 Å². The summed E-state index contributed by atoms with van der Waals surface area (Å²) in [5, 5.41) is 29.7. The highest BCUT2D eigenvalue weighted by Crippen LogP contribution is 2.25. The minimum absolute atomic E-state index is 0.0266. The van der Waals surface area contributed by atoms with Gasteiger partial charge in [-0.1, -0.05) is 173 Å². The van der Waals surface area contributed by atoms with E-state index in [9.17, 15) is 40.8 Å². The first-order valence-corrected chi connectivity index (χ1v) is 47.9. The number of guanidine groups is 3. The molecule has 724 valence electrons. The third kappa shape index (κ3) is 106. The van der Waals surface area contributed by atoms with Gasteiger partial charge in [-0.15, -0.1) is 15.7 Å². The molecule has 1 fully saturated rings. The van der Waals surface area contributed by atoms with Crippen molar-refractivity contribution in [2.75, 3.05) is 154 Å². The lowest BCUT2D eigenvalue weighted by molar-refractivity contribution is -0.173. The van der Waals surface area contributed by atoms with Crippen LogP contribution in [0.5, 0.6) is 0 Å². The smallest absolute Gasteiger partial charge is 0.318 e. The van der Waals surface area contributed by atoms with Crippen LogP contribution in [-0.4, -0.2) is 253 Å². The lowest BCUT2D eigenvalue weighted by Gasteiger charge is -2.24. The average Bonchev–Trinajstić information content (AvgIpc) is 0.952. The summed E-state index contributed by atoms with van der Waals surface area (Å²) >= 11 is 1.66. The molecule has 5 amide bonds. The zero-order valence-electron chi connectivity index (χ0n) is 83.8. The van der Waals surface area contributed by atoms with Crippen molar-refractivity contribution >= 4 is 90.0 Å². The van der Waals surface area contributed by atoms with Gasteiger partial charge in [0.25, 0.3) is 11.8 Å². The fourth-order valence-electron chi connectivity index (χ4n) is 10.1. The molecule has 1 saturated heterocycles. The van der Waals surface area contributed by atoms with Crippen LogP contribution in [0.2, 0.25) is 0 Å². The molecule has 1 aromatic heterocycles. The second-order valence-electron chi connectivity index (χ2n) is 39.6. The van der Waals surface area contributed by atoms with Gasteiger partial charge >= 0.3 is 10.2 Å². The number of imide groups is 1. The summed E-state index contributed by atoms with van der Waals surface area (Å²) in [6.45, 7) is 60.3. The quantitative estimate of drug-likeness (QED) is 0.00976. The summed E-state index contributed by atoms with van der Waals surface area (Å²) in [5.74, 6) is 3.29. The van der Waals surface area contributed by atoms with Crippen LogP contribution in [0, 0.1) is 50.2 Å². The molecule has 0 spiro atoms. The summed E-state index contributed by atoms with van der Waals surface area (Å²) in [5.41, 5.74) is 12.6. The molecular weight excluding hydrogens is 1610 g/mol. The molecule has 12 N–H and O–H groups in total. The molecule has 34 heteroatoms. The Labute approximate surface area is 749 Å². The zero-order chi connectivity index (χ0) is 96.3. The number of anilines is 1. The molecule has 2 heterocycles. The van der Waals surface area contributed by atoms with E-state index in [-0.39, 0.29) is 60.7 Å². The second-order valence-corrected chi connectivity index (χ2v) is 43.4. The number of aliphatic hydroxyl groups is 1. The van der Waals surface area contributed by atoms with Gasteiger partial charge in [0.15, 0.2) is 17.1 Å². The lowest BCUT2D eigenvalue weighted by Crippen LogP contribution is -2.46. The average molecular weight is 1800 g/mol. The third-order valence-electron chi connectivity index (χ3n) is 16.6. The number of ether oxygens (including phenoxy) is 2. The predicted molar refractivity (Wildman–Crippen MR) is 515 cm³/mol. The van der Waals surface area contributed by atoms with Gasteiger partial charge < -0.3 is 62.0 Å². The third-order valence-corrected chi connectivity index (χ3v) is 18.4. The number of nitrogens with two attached hydrogens (primary N) is 3. The van der Waals surface area contributed by atoms with Crippen LogP contribution in [0.15, 0.2) is 31.0 Å². The van der Waals surface area contributed by atoms with Gasteiger partial charge in [0.05, 0.1) is 13.4 Å². The molecule has 122 heavy (non-hydrogen) atoms. The molecule has 0 unspecified atom stereocenters. The van der Waals surface area contributed by atoms with E-state index in [4.69, 9.17) is 31.3 Å². The number of carbonyl (C=O) groups excluding carboxylic acids is 5. The number of hydrogen-bond acceptors (Lipinski definition) is 19. The summed E-state index contributed by atoms with van der Waals surface area (Å²) in [6.07, 6.45) is 24.1. The van der Waals surface area contributed by atoms with E-state index < -0.39 is 26.8 Å². The van der Waals surface area contributed by atoms with E-state index in [1.807, 2.05) is 37.6 Å². The van der Waals surface area contributed by atoms with Gasteiger partial charge in [-0.05, 0) is 166 Å². The van der Waals surface area contributed by atoms with Crippen LogP contribution in [0.3, 0.4) is 0 Å². The Balaban J connectivity index is -0.000000245. The summed E-state index contributed by atoms with van der Waals surface area (Å²) in [4.78, 5) is 82.8. The number of amidine groups is 1. The SMILES string of the molecule is CC(C)(C)CCCN=C(N)N.CC(C)(C)CCCNc1nccs1.CC(C)CCCN1C(=O)COCC1=O.CC(C)CCCNC(=O)CO.CN(C)C(=NCCCC(C)(C)C)NS(C)(=O)=O.CN(C)C(CCCCC(C)(C)C)=NS(N)(=O)=O.CN=C(NCCCC(C)(C)C)N(C)C.COCC(=O)NCCCC(C)(C)C.CON(CCCC(C)C)C(C)=O. The number of hydroxylamine groups is 2. The van der Waals surface area contributed by atoms with E-state index in [1.54, 1.807) is 49.3 Å². The van der Waals surface area contributed by atoms with Crippen molar-refractivity contribution in [3.8, 4) is 0 Å². The van der Waals surface area contributed by atoms with Crippen molar-refractivity contribution in [3.05, 3.63) is 11.6 Å². The number of aliphatic imine (C=N–C) groups is 3. The lowest BCUT2D eigenvalue weighted by atomic mass is 9.89. The molecule has 0 radical (unpaired) electrons. The predicted octanol–water partition coefficient (Wildman–Crippen LogP) is 14.2. The molecular formula is C88H186N18O13S3. The molecule has 0 saturated carbocycles. The molecule has 0 aromatic carbocycles. The number of aliphatic hydroxyl groups excluding tert-OH is 1. The first-order valence-electron chi connectivity index (χ1n) is 43.6. The summed E-state index contributed by atoms with van der Waals surface area (Å²) < 4.78 is 59.5. The van der Waals surface area contributed by atoms with Crippen molar-refractivity contribution in [2.45, 2.75) is 302 Å². The van der Waals surface area contributed by atoms with Crippen molar-refractivity contribution in [1.82, 2.24) is 50.3 Å². The van der Waals surface area contributed by atoms with Gasteiger partial charge in [0.2, 0.25) is 33.7 Å². The highest BCUT2D eigenvalue weighted by atomic mass is 32.2. The van der Waals surface area contributed by atoms with Gasteiger partial charge in [0.1, 0.15) is 32.3 Å². The van der Waals surface area contributed by atoms with Crippen LogP contribution in [0.4, 0.5) is 5.13 Å². The van der Waals surface area contributed by atoms with Gasteiger partial charge in [-0.25, -0.2) is 23.6 Å². The fourth-order valence-corrected chi connectivity index (χ4v) is 11.8. The number of morpholine rings is 1. The Hall–Kier alpha value is -6.04. The molecule has 1 aromatic rings. The monoisotopic (exact) mass is 1800 g/mol.